The number of carbonyl (C=O) groups excluding carboxylic acids is 2. The van der Waals surface area contributed by atoms with E-state index in [0.717, 1.165) is 0 Å². The van der Waals surface area contributed by atoms with Gasteiger partial charge in [-0.25, -0.2) is 9.78 Å². The lowest BCUT2D eigenvalue weighted by Gasteiger charge is -2.15. The number of H-pyrrole nitrogens is 1. The van der Waals surface area contributed by atoms with E-state index in [4.69, 9.17) is 4.74 Å². The highest BCUT2D eigenvalue weighted by Gasteiger charge is 2.24. The zero-order valence-electron chi connectivity index (χ0n) is 16.6. The number of aromatic nitrogens is 4. The van der Waals surface area contributed by atoms with Gasteiger partial charge in [0, 0.05) is 13.1 Å². The number of hydrogen-bond acceptors (Lipinski definition) is 7. The van der Waals surface area contributed by atoms with E-state index in [2.05, 4.69) is 20.4 Å². The van der Waals surface area contributed by atoms with Gasteiger partial charge in [0.2, 0.25) is 5.91 Å². The molecule has 0 aromatic carbocycles. The van der Waals surface area contributed by atoms with Gasteiger partial charge in [0.1, 0.15) is 11.4 Å². The van der Waals surface area contributed by atoms with Gasteiger partial charge >= 0.3 is 5.97 Å². The Labute approximate surface area is 167 Å². The lowest BCUT2D eigenvalue weighted by Crippen LogP contribution is -2.27. The van der Waals surface area contributed by atoms with Crippen molar-refractivity contribution in [1.82, 2.24) is 19.7 Å². The number of nitrogens with one attached hydrogen (secondary N) is 2. The van der Waals surface area contributed by atoms with Crippen molar-refractivity contribution >= 4 is 29.5 Å². The van der Waals surface area contributed by atoms with Gasteiger partial charge < -0.3 is 15.0 Å². The summed E-state index contributed by atoms with van der Waals surface area (Å²) in [6.45, 7) is 7.67. The molecule has 0 aliphatic carbocycles. The molecule has 0 fully saturated rings. The molecule has 2 aromatic heterocycles. The Morgan fingerprint density at radius 2 is 2.07 bits per heavy atom. The van der Waals surface area contributed by atoms with Crippen LogP contribution in [0.15, 0.2) is 22.2 Å². The number of hydrogen-bond donors (Lipinski definition) is 2. The Bertz CT molecular complexity index is 906. The summed E-state index contributed by atoms with van der Waals surface area (Å²) in [6, 6.07) is 1.46. The van der Waals surface area contributed by atoms with Gasteiger partial charge in [0.25, 0.3) is 5.56 Å². The second-order valence-corrected chi connectivity index (χ2v) is 7.58. The number of carbonyl (C=O) groups is 2. The Kier molecular flexibility index (Phi) is 7.38. The fourth-order valence-electron chi connectivity index (χ4n) is 2.40. The molecule has 9 nitrogen and oxygen atoms in total. The Morgan fingerprint density at radius 1 is 1.36 bits per heavy atom. The number of nitrogens with zero attached hydrogens (tertiary/aromatic N) is 3. The summed E-state index contributed by atoms with van der Waals surface area (Å²) in [7, 11) is 1.62. The van der Waals surface area contributed by atoms with Crippen LogP contribution in [-0.4, -0.2) is 43.5 Å². The maximum Gasteiger partial charge on any atom is 0.343 e. The molecule has 1 amide bonds. The zero-order chi connectivity index (χ0) is 20.8. The predicted octanol–water partition coefficient (Wildman–Crippen LogP) is 2.31. The van der Waals surface area contributed by atoms with Gasteiger partial charge in [0.05, 0.1) is 23.7 Å². The fourth-order valence-corrected chi connectivity index (χ4v) is 3.32. The van der Waals surface area contributed by atoms with Crippen LogP contribution in [0.25, 0.3) is 0 Å². The van der Waals surface area contributed by atoms with Crippen molar-refractivity contribution in [3.8, 4) is 0 Å². The molecular formula is C18H25N5O4S. The molecule has 10 heteroatoms. The standard InChI is InChI=1S/C18H25N5O4S/c1-6-13(28-18-20-12(10(3)4)8-14(24)21-18)16(25)22-15-11(9-19-23(15)5)17(26)27-7-2/h8-10,13H,6-7H2,1-5H3,(H,22,25)(H,20,21,24). The molecule has 1 unspecified atom stereocenters. The van der Waals surface area contributed by atoms with Crippen molar-refractivity contribution in [2.24, 2.45) is 7.05 Å². The van der Waals surface area contributed by atoms with Crippen molar-refractivity contribution in [2.45, 2.75) is 50.4 Å². The molecule has 0 spiro atoms. The molecule has 0 aliphatic heterocycles. The molecule has 28 heavy (non-hydrogen) atoms. The van der Waals surface area contributed by atoms with Gasteiger partial charge in [-0.15, -0.1) is 0 Å². The third kappa shape index (κ3) is 5.22. The van der Waals surface area contributed by atoms with E-state index < -0.39 is 11.2 Å². The van der Waals surface area contributed by atoms with Crippen LogP contribution in [0.3, 0.4) is 0 Å². The first kappa shape index (κ1) is 21.7. The number of aryl methyl sites for hydroxylation is 1. The second kappa shape index (κ2) is 9.54. The Morgan fingerprint density at radius 3 is 2.68 bits per heavy atom. The van der Waals surface area contributed by atoms with E-state index in [1.54, 1.807) is 14.0 Å². The maximum absolute atomic E-state index is 12.8. The van der Waals surface area contributed by atoms with Crippen LogP contribution in [0.5, 0.6) is 0 Å². The van der Waals surface area contributed by atoms with Gasteiger partial charge in [-0.2, -0.15) is 5.10 Å². The third-order valence-corrected chi connectivity index (χ3v) is 5.17. The first-order valence-corrected chi connectivity index (χ1v) is 9.92. The maximum atomic E-state index is 12.8. The van der Waals surface area contributed by atoms with Gasteiger partial charge in [0.15, 0.2) is 5.16 Å². The van der Waals surface area contributed by atoms with Crippen LogP contribution >= 0.6 is 11.8 Å². The SMILES string of the molecule is CCOC(=O)c1cnn(C)c1NC(=O)C(CC)Sc1nc(C(C)C)cc(=O)[nH]1. The molecule has 0 saturated heterocycles. The smallest absolute Gasteiger partial charge is 0.343 e. The third-order valence-electron chi connectivity index (χ3n) is 3.92. The van der Waals surface area contributed by atoms with E-state index in [0.29, 0.717) is 17.3 Å². The van der Waals surface area contributed by atoms with Crippen LogP contribution in [-0.2, 0) is 16.6 Å². The minimum Gasteiger partial charge on any atom is -0.462 e. The van der Waals surface area contributed by atoms with Gasteiger partial charge in [-0.3, -0.25) is 14.3 Å². The van der Waals surface area contributed by atoms with E-state index in [1.807, 2.05) is 20.8 Å². The van der Waals surface area contributed by atoms with Crippen molar-refractivity contribution < 1.29 is 14.3 Å². The van der Waals surface area contributed by atoms with E-state index >= 15 is 0 Å². The fraction of sp³-hybridized carbons (Fsp3) is 0.500. The molecule has 0 aliphatic rings. The molecule has 2 aromatic rings. The molecule has 0 radical (unpaired) electrons. The average Bonchev–Trinajstić information content (AvgIpc) is 3.00. The number of anilines is 1. The zero-order valence-corrected chi connectivity index (χ0v) is 17.4. The lowest BCUT2D eigenvalue weighted by molar-refractivity contribution is -0.115. The summed E-state index contributed by atoms with van der Waals surface area (Å²) in [4.78, 5) is 43.8. The number of esters is 1. The first-order valence-electron chi connectivity index (χ1n) is 9.04. The summed E-state index contributed by atoms with van der Waals surface area (Å²) in [5.74, 6) is -0.515. The number of ether oxygens (including phenoxy) is 1. The molecule has 0 saturated carbocycles. The molecule has 0 bridgehead atoms. The monoisotopic (exact) mass is 407 g/mol. The number of thioether (sulfide) groups is 1. The molecule has 2 heterocycles. The number of rotatable bonds is 8. The van der Waals surface area contributed by atoms with Crippen LogP contribution in [0.2, 0.25) is 0 Å². The van der Waals surface area contributed by atoms with Crippen molar-refractivity contribution in [1.29, 1.82) is 0 Å². The summed E-state index contributed by atoms with van der Waals surface area (Å²) in [6.07, 6.45) is 1.85. The van der Waals surface area contributed by atoms with E-state index in [-0.39, 0.29) is 35.4 Å². The predicted molar refractivity (Wildman–Crippen MR) is 107 cm³/mol. The van der Waals surface area contributed by atoms with Gasteiger partial charge in [-0.1, -0.05) is 32.5 Å². The number of amides is 1. The van der Waals surface area contributed by atoms with Crippen LogP contribution in [0.4, 0.5) is 5.82 Å². The molecule has 2 rings (SSSR count). The van der Waals surface area contributed by atoms with Crippen molar-refractivity contribution in [3.05, 3.63) is 33.9 Å². The van der Waals surface area contributed by atoms with Crippen LogP contribution < -0.4 is 10.9 Å². The summed E-state index contributed by atoms with van der Waals surface area (Å²) in [5.41, 5.74) is 0.594. The average molecular weight is 407 g/mol. The van der Waals surface area contributed by atoms with E-state index in [1.165, 1.54) is 28.7 Å². The summed E-state index contributed by atoms with van der Waals surface area (Å²) in [5, 5.41) is 6.63. The minimum absolute atomic E-state index is 0.0946. The topological polar surface area (TPSA) is 119 Å². The summed E-state index contributed by atoms with van der Waals surface area (Å²) >= 11 is 1.17. The van der Waals surface area contributed by atoms with Crippen LogP contribution in [0, 0.1) is 0 Å². The van der Waals surface area contributed by atoms with Gasteiger partial charge in [-0.05, 0) is 19.3 Å². The Hall–Kier alpha value is -2.62. The highest BCUT2D eigenvalue weighted by molar-refractivity contribution is 8.00. The van der Waals surface area contributed by atoms with Crippen molar-refractivity contribution in [3.63, 3.8) is 0 Å². The minimum atomic E-state index is -0.553. The van der Waals surface area contributed by atoms with Crippen LogP contribution in [0.1, 0.15) is 56.1 Å². The second-order valence-electron chi connectivity index (χ2n) is 6.39. The quantitative estimate of drug-likeness (QED) is 0.391. The Balaban J connectivity index is 2.21. The highest BCUT2D eigenvalue weighted by Crippen LogP contribution is 2.25. The lowest BCUT2D eigenvalue weighted by atomic mass is 10.1. The summed E-state index contributed by atoms with van der Waals surface area (Å²) < 4.78 is 6.40. The molecular weight excluding hydrogens is 382 g/mol. The molecule has 1 atom stereocenters. The number of aromatic amines is 1. The normalized spacial score (nSPS) is 12.1. The molecule has 152 valence electrons. The first-order chi connectivity index (χ1) is 13.3. The van der Waals surface area contributed by atoms with E-state index in [9.17, 15) is 14.4 Å². The molecule has 2 N–H and O–H groups in total. The largest absolute Gasteiger partial charge is 0.462 e. The highest BCUT2D eigenvalue weighted by atomic mass is 32.2. The van der Waals surface area contributed by atoms with Crippen molar-refractivity contribution in [2.75, 3.05) is 11.9 Å².